The van der Waals surface area contributed by atoms with E-state index in [0.29, 0.717) is 34.9 Å². The Balaban J connectivity index is 1.79. The third-order valence-electron chi connectivity index (χ3n) is 4.27. The van der Waals surface area contributed by atoms with Crippen LogP contribution in [0.25, 0.3) is 0 Å². The summed E-state index contributed by atoms with van der Waals surface area (Å²) in [6, 6.07) is 12.8. The Labute approximate surface area is 168 Å². The number of benzene rings is 2. The molecule has 0 spiro atoms. The van der Waals surface area contributed by atoms with Crippen LogP contribution in [0.1, 0.15) is 16.8 Å². The fourth-order valence-electron chi connectivity index (χ4n) is 2.81. The van der Waals surface area contributed by atoms with Crippen molar-refractivity contribution < 1.29 is 17.9 Å². The lowest BCUT2D eigenvalue weighted by Crippen LogP contribution is -2.15. The van der Waals surface area contributed by atoms with Crippen molar-refractivity contribution in [3.8, 4) is 11.5 Å². The lowest BCUT2D eigenvalue weighted by molar-refractivity contribution is 0.355. The van der Waals surface area contributed by atoms with Crippen molar-refractivity contribution in [2.45, 2.75) is 18.2 Å². The zero-order chi connectivity index (χ0) is 21.0. The van der Waals surface area contributed by atoms with Gasteiger partial charge in [0.2, 0.25) is 0 Å². The van der Waals surface area contributed by atoms with Crippen molar-refractivity contribution in [1.82, 2.24) is 10.2 Å². The van der Waals surface area contributed by atoms with Gasteiger partial charge in [-0.3, -0.25) is 9.52 Å². The number of anilines is 1. The van der Waals surface area contributed by atoms with Crippen molar-refractivity contribution in [1.29, 1.82) is 0 Å². The number of hydrogen-bond acceptors (Lipinski definition) is 6. The third-order valence-corrected chi connectivity index (χ3v) is 5.67. The fraction of sp³-hybridized carbons (Fsp3) is 0.200. The first-order valence-electron chi connectivity index (χ1n) is 8.71. The molecule has 3 aromatic rings. The summed E-state index contributed by atoms with van der Waals surface area (Å²) in [5.41, 5.74) is 2.17. The minimum atomic E-state index is -3.79. The summed E-state index contributed by atoms with van der Waals surface area (Å²) in [5.74, 6) is 0.919. The molecule has 0 saturated carbocycles. The molecular weight excluding hydrogens is 394 g/mol. The molecule has 1 aromatic heterocycles. The minimum Gasteiger partial charge on any atom is -0.493 e. The van der Waals surface area contributed by atoms with Crippen LogP contribution in [0.3, 0.4) is 0 Å². The van der Waals surface area contributed by atoms with E-state index in [-0.39, 0.29) is 10.5 Å². The van der Waals surface area contributed by atoms with E-state index < -0.39 is 10.0 Å². The molecule has 0 saturated heterocycles. The second kappa shape index (κ2) is 8.36. The minimum absolute atomic E-state index is 0.107. The number of rotatable bonds is 7. The Morgan fingerprint density at radius 1 is 1.00 bits per heavy atom. The molecule has 0 atom stereocenters. The number of sulfonamides is 1. The first kappa shape index (κ1) is 20.4. The van der Waals surface area contributed by atoms with Gasteiger partial charge in [0.25, 0.3) is 15.6 Å². The molecule has 2 aromatic carbocycles. The maximum atomic E-state index is 12.7. The number of aromatic amines is 1. The molecule has 29 heavy (non-hydrogen) atoms. The van der Waals surface area contributed by atoms with Gasteiger partial charge in [-0.1, -0.05) is 12.1 Å². The van der Waals surface area contributed by atoms with E-state index in [0.717, 1.165) is 5.56 Å². The smallest absolute Gasteiger partial charge is 0.267 e. The molecule has 8 nitrogen and oxygen atoms in total. The molecule has 9 heteroatoms. The molecule has 2 N–H and O–H groups in total. The van der Waals surface area contributed by atoms with Crippen LogP contribution in [0.2, 0.25) is 0 Å². The lowest BCUT2D eigenvalue weighted by atomic mass is 10.1. The van der Waals surface area contributed by atoms with Gasteiger partial charge in [0.15, 0.2) is 11.5 Å². The summed E-state index contributed by atoms with van der Waals surface area (Å²) in [6.45, 7) is 1.79. The highest BCUT2D eigenvalue weighted by molar-refractivity contribution is 7.92. The van der Waals surface area contributed by atoms with Crippen LogP contribution >= 0.6 is 0 Å². The van der Waals surface area contributed by atoms with Crippen molar-refractivity contribution >= 4 is 15.7 Å². The van der Waals surface area contributed by atoms with Gasteiger partial charge in [0.05, 0.1) is 30.5 Å². The molecule has 1 heterocycles. The number of aromatic nitrogens is 2. The molecule has 0 aliphatic heterocycles. The Hall–Kier alpha value is -3.33. The van der Waals surface area contributed by atoms with E-state index in [4.69, 9.17) is 9.47 Å². The number of H-pyrrole nitrogens is 1. The Kier molecular flexibility index (Phi) is 5.88. The summed E-state index contributed by atoms with van der Waals surface area (Å²) in [4.78, 5) is 12.0. The van der Waals surface area contributed by atoms with E-state index in [1.807, 2.05) is 0 Å². The Morgan fingerprint density at radius 2 is 1.69 bits per heavy atom. The van der Waals surface area contributed by atoms with Gasteiger partial charge in [-0.2, -0.15) is 5.10 Å². The number of ether oxygens (including phenoxy) is 2. The predicted octanol–water partition coefficient (Wildman–Crippen LogP) is 2.49. The first-order chi connectivity index (χ1) is 13.8. The zero-order valence-electron chi connectivity index (χ0n) is 16.2. The highest BCUT2D eigenvalue weighted by Gasteiger charge is 2.16. The van der Waals surface area contributed by atoms with Crippen molar-refractivity contribution in [2.75, 3.05) is 18.9 Å². The molecule has 0 unspecified atom stereocenters. The summed E-state index contributed by atoms with van der Waals surface area (Å²) in [5, 5.41) is 6.29. The van der Waals surface area contributed by atoms with Crippen LogP contribution in [0.4, 0.5) is 5.69 Å². The van der Waals surface area contributed by atoms with E-state index >= 15 is 0 Å². The second-order valence-electron chi connectivity index (χ2n) is 6.36. The topological polar surface area (TPSA) is 110 Å². The average Bonchev–Trinajstić information content (AvgIpc) is 2.70. The largest absolute Gasteiger partial charge is 0.493 e. The quantitative estimate of drug-likeness (QED) is 0.613. The van der Waals surface area contributed by atoms with Gasteiger partial charge in [-0.15, -0.1) is 0 Å². The summed E-state index contributed by atoms with van der Waals surface area (Å²) < 4.78 is 38.2. The van der Waals surface area contributed by atoms with E-state index in [1.54, 1.807) is 43.3 Å². The van der Waals surface area contributed by atoms with Crippen LogP contribution in [-0.4, -0.2) is 32.8 Å². The summed E-state index contributed by atoms with van der Waals surface area (Å²) >= 11 is 0. The molecular formula is C20H21N3O5S. The maximum Gasteiger partial charge on any atom is 0.267 e. The maximum absolute atomic E-state index is 12.7. The summed E-state index contributed by atoms with van der Waals surface area (Å²) in [6.07, 6.45) is 0.377. The molecule has 0 fully saturated rings. The monoisotopic (exact) mass is 415 g/mol. The van der Waals surface area contributed by atoms with E-state index in [1.165, 1.54) is 26.4 Å². The molecule has 0 amide bonds. The van der Waals surface area contributed by atoms with Crippen LogP contribution in [-0.2, 0) is 16.4 Å². The highest BCUT2D eigenvalue weighted by Crippen LogP contribution is 2.30. The van der Waals surface area contributed by atoms with Crippen molar-refractivity contribution in [3.63, 3.8) is 0 Å². The summed E-state index contributed by atoms with van der Waals surface area (Å²) in [7, 11) is -0.806. The number of methoxy groups -OCH3 is 2. The van der Waals surface area contributed by atoms with Gasteiger partial charge in [0.1, 0.15) is 0 Å². The first-order valence-corrected chi connectivity index (χ1v) is 10.2. The Morgan fingerprint density at radius 3 is 2.34 bits per heavy atom. The van der Waals surface area contributed by atoms with Gasteiger partial charge in [0, 0.05) is 18.1 Å². The standard InChI is InChI=1S/C20H21N3O5S/c1-13-10-15(20(24)22-21-13)11-14-4-7-17(8-5-14)29(25,26)23-16-6-9-18(27-2)19(12-16)28-3/h4-10,12,23H,11H2,1-3H3,(H,22,24). The van der Waals surface area contributed by atoms with Gasteiger partial charge >= 0.3 is 0 Å². The lowest BCUT2D eigenvalue weighted by Gasteiger charge is -2.12. The molecule has 0 aliphatic rings. The van der Waals surface area contributed by atoms with E-state index in [9.17, 15) is 13.2 Å². The van der Waals surface area contributed by atoms with E-state index in [2.05, 4.69) is 14.9 Å². The molecule has 0 bridgehead atoms. The second-order valence-corrected chi connectivity index (χ2v) is 8.04. The SMILES string of the molecule is COc1ccc(NS(=O)(=O)c2ccc(Cc3cc(C)n[nH]c3=O)cc2)cc1OC. The van der Waals surface area contributed by atoms with Crippen LogP contribution in [0.5, 0.6) is 11.5 Å². The normalized spacial score (nSPS) is 11.1. The van der Waals surface area contributed by atoms with Crippen LogP contribution in [0, 0.1) is 6.92 Å². The average molecular weight is 415 g/mol. The zero-order valence-corrected chi connectivity index (χ0v) is 17.0. The molecule has 152 valence electrons. The molecule has 0 radical (unpaired) electrons. The highest BCUT2D eigenvalue weighted by atomic mass is 32.2. The van der Waals surface area contributed by atoms with Gasteiger partial charge in [-0.05, 0) is 42.8 Å². The van der Waals surface area contributed by atoms with Crippen LogP contribution in [0.15, 0.2) is 58.2 Å². The number of nitrogens with one attached hydrogen (secondary N) is 2. The number of aryl methyl sites for hydroxylation is 1. The number of nitrogens with zero attached hydrogens (tertiary/aromatic N) is 1. The number of hydrogen-bond donors (Lipinski definition) is 2. The van der Waals surface area contributed by atoms with Crippen molar-refractivity contribution in [2.24, 2.45) is 0 Å². The predicted molar refractivity (Wildman–Crippen MR) is 109 cm³/mol. The van der Waals surface area contributed by atoms with Crippen molar-refractivity contribution in [3.05, 3.63) is 75.7 Å². The molecule has 3 rings (SSSR count). The van der Waals surface area contributed by atoms with Crippen LogP contribution < -0.4 is 19.8 Å². The Bertz CT molecular complexity index is 1170. The van der Waals surface area contributed by atoms with Gasteiger partial charge < -0.3 is 9.47 Å². The fourth-order valence-corrected chi connectivity index (χ4v) is 3.86. The van der Waals surface area contributed by atoms with Gasteiger partial charge in [-0.25, -0.2) is 13.5 Å². The third kappa shape index (κ3) is 4.75. The molecule has 0 aliphatic carbocycles.